The van der Waals surface area contributed by atoms with Crippen LogP contribution in [0, 0.1) is 22.0 Å². The second-order valence-electron chi connectivity index (χ2n) is 8.05. The average Bonchev–Trinajstić information content (AvgIpc) is 3.07. The molecule has 1 heterocycles. The number of ketones is 1. The Morgan fingerprint density at radius 2 is 1.58 bits per heavy atom. The van der Waals surface area contributed by atoms with Crippen molar-refractivity contribution in [1.82, 2.24) is 10.0 Å². The second kappa shape index (κ2) is 9.11. The van der Waals surface area contributed by atoms with Crippen molar-refractivity contribution >= 4 is 40.8 Å². The number of para-hydroxylation sites is 1. The van der Waals surface area contributed by atoms with E-state index in [-0.39, 0.29) is 11.1 Å². The van der Waals surface area contributed by atoms with Crippen molar-refractivity contribution < 1.29 is 24.1 Å². The monoisotopic (exact) mass is 469 g/mol. The van der Waals surface area contributed by atoms with Crippen LogP contribution >= 0.6 is 11.6 Å². The molecule has 0 bridgehead atoms. The number of halogens is 1. The van der Waals surface area contributed by atoms with Gasteiger partial charge in [-0.2, -0.15) is 5.01 Å². The number of carbonyl (C=O) groups excluding carboxylic acids is 4. The van der Waals surface area contributed by atoms with Crippen molar-refractivity contribution in [1.29, 1.82) is 0 Å². The first kappa shape index (κ1) is 22.6. The number of benzene rings is 2. The number of nitro groups is 1. The highest BCUT2D eigenvalue weighted by atomic mass is 35.5. The molecule has 1 saturated carbocycles. The number of nitrogens with zero attached hydrogens (tertiary/aromatic N) is 3. The standard InChI is InChI=1S/C23H20ClN3O6/c24-15-11-9-14(10-12-15)20(28)13-25(21(29)18-7-3-4-8-19(18)27(32)33)26-22(30)16-5-1-2-6-17(16)23(26)31/h3-4,7-12,16-17H,1-2,5-6,13H2/t16-,17+. The maximum Gasteiger partial charge on any atom is 0.282 e. The number of hydrogen-bond donors (Lipinski definition) is 0. The number of hydrogen-bond acceptors (Lipinski definition) is 6. The van der Waals surface area contributed by atoms with E-state index in [9.17, 15) is 29.3 Å². The molecule has 2 aromatic rings. The van der Waals surface area contributed by atoms with E-state index in [1.54, 1.807) is 0 Å². The summed E-state index contributed by atoms with van der Waals surface area (Å²) in [5.74, 6) is -3.74. The number of fused-ring (bicyclic) bond motifs is 1. The normalized spacial score (nSPS) is 19.8. The minimum absolute atomic E-state index is 0.219. The lowest BCUT2D eigenvalue weighted by atomic mass is 9.81. The van der Waals surface area contributed by atoms with Crippen LogP contribution < -0.4 is 0 Å². The lowest BCUT2D eigenvalue weighted by Crippen LogP contribution is -2.52. The number of nitro benzene ring substituents is 1. The Labute approximate surface area is 194 Å². The molecule has 2 atom stereocenters. The van der Waals surface area contributed by atoms with Gasteiger partial charge in [-0.05, 0) is 43.2 Å². The summed E-state index contributed by atoms with van der Waals surface area (Å²) in [6.45, 7) is -0.635. The van der Waals surface area contributed by atoms with Gasteiger partial charge in [-0.25, -0.2) is 5.01 Å². The number of hydrazine groups is 1. The van der Waals surface area contributed by atoms with E-state index < -0.39 is 52.5 Å². The average molecular weight is 470 g/mol. The molecule has 0 aromatic heterocycles. The van der Waals surface area contributed by atoms with E-state index in [4.69, 9.17) is 11.6 Å². The molecule has 1 aliphatic heterocycles. The maximum atomic E-state index is 13.5. The molecule has 2 aliphatic rings. The van der Waals surface area contributed by atoms with Crippen LogP contribution in [0.15, 0.2) is 48.5 Å². The van der Waals surface area contributed by atoms with Crippen molar-refractivity contribution in [3.05, 3.63) is 74.8 Å². The van der Waals surface area contributed by atoms with Crippen LogP contribution in [0.4, 0.5) is 5.69 Å². The number of imide groups is 1. The van der Waals surface area contributed by atoms with Gasteiger partial charge in [0.05, 0.1) is 16.8 Å². The summed E-state index contributed by atoms with van der Waals surface area (Å²) >= 11 is 5.87. The quantitative estimate of drug-likeness (QED) is 0.276. The van der Waals surface area contributed by atoms with E-state index in [0.29, 0.717) is 17.9 Å². The summed E-state index contributed by atoms with van der Waals surface area (Å²) in [7, 11) is 0. The Hall–Kier alpha value is -3.59. The maximum absolute atomic E-state index is 13.5. The van der Waals surface area contributed by atoms with Gasteiger partial charge in [-0.1, -0.05) is 36.6 Å². The highest BCUT2D eigenvalue weighted by molar-refractivity contribution is 6.30. The fraction of sp³-hybridized carbons (Fsp3) is 0.304. The van der Waals surface area contributed by atoms with Crippen LogP contribution in [0.5, 0.6) is 0 Å². The fourth-order valence-corrected chi connectivity index (χ4v) is 4.56. The number of rotatable bonds is 6. The number of carbonyl (C=O) groups is 4. The summed E-state index contributed by atoms with van der Waals surface area (Å²) in [6.07, 6.45) is 2.61. The molecule has 170 valence electrons. The van der Waals surface area contributed by atoms with Gasteiger partial charge in [0.2, 0.25) is 0 Å². The Balaban J connectivity index is 1.74. The van der Waals surface area contributed by atoms with E-state index in [2.05, 4.69) is 0 Å². The van der Waals surface area contributed by atoms with Gasteiger partial charge >= 0.3 is 0 Å². The zero-order chi connectivity index (χ0) is 23.7. The predicted octanol–water partition coefficient (Wildman–Crippen LogP) is 3.66. The first-order chi connectivity index (χ1) is 15.8. The second-order valence-corrected chi connectivity index (χ2v) is 8.49. The van der Waals surface area contributed by atoms with Crippen molar-refractivity contribution in [2.75, 3.05) is 6.54 Å². The van der Waals surface area contributed by atoms with Crippen molar-refractivity contribution in [2.45, 2.75) is 25.7 Å². The highest BCUT2D eigenvalue weighted by Gasteiger charge is 2.52. The summed E-state index contributed by atoms with van der Waals surface area (Å²) in [5, 5.41) is 13.4. The summed E-state index contributed by atoms with van der Waals surface area (Å²) in [4.78, 5) is 63.5. The van der Waals surface area contributed by atoms with Crippen molar-refractivity contribution in [3.63, 3.8) is 0 Å². The topological polar surface area (TPSA) is 118 Å². The van der Waals surface area contributed by atoms with E-state index >= 15 is 0 Å². The molecule has 2 fully saturated rings. The molecule has 1 aliphatic carbocycles. The third-order valence-electron chi connectivity index (χ3n) is 6.08. The minimum atomic E-state index is -0.968. The van der Waals surface area contributed by atoms with Gasteiger partial charge in [0.1, 0.15) is 12.1 Å². The first-order valence-corrected chi connectivity index (χ1v) is 10.9. The van der Waals surface area contributed by atoms with Crippen LogP contribution in [0.3, 0.4) is 0 Å². The van der Waals surface area contributed by atoms with Crippen LogP contribution in [-0.2, 0) is 9.59 Å². The van der Waals surface area contributed by atoms with Crippen LogP contribution in [0.1, 0.15) is 46.4 Å². The smallest absolute Gasteiger partial charge is 0.282 e. The summed E-state index contributed by atoms with van der Waals surface area (Å²) in [5.41, 5.74) is -0.582. The van der Waals surface area contributed by atoms with Gasteiger partial charge in [0, 0.05) is 16.7 Å². The summed E-state index contributed by atoms with van der Waals surface area (Å²) in [6, 6.07) is 11.2. The molecule has 3 amide bonds. The molecule has 4 rings (SSSR count). The van der Waals surface area contributed by atoms with Crippen molar-refractivity contribution in [3.8, 4) is 0 Å². The predicted molar refractivity (Wildman–Crippen MR) is 117 cm³/mol. The Bertz CT molecular complexity index is 1130. The lowest BCUT2D eigenvalue weighted by Gasteiger charge is -2.30. The Morgan fingerprint density at radius 1 is 1.00 bits per heavy atom. The van der Waals surface area contributed by atoms with Crippen molar-refractivity contribution in [2.24, 2.45) is 11.8 Å². The van der Waals surface area contributed by atoms with E-state index in [1.165, 1.54) is 42.5 Å². The summed E-state index contributed by atoms with van der Waals surface area (Å²) < 4.78 is 0. The lowest BCUT2D eigenvalue weighted by molar-refractivity contribution is -0.385. The number of amides is 3. The molecule has 10 heteroatoms. The third-order valence-corrected chi connectivity index (χ3v) is 6.34. The molecule has 0 N–H and O–H groups in total. The fourth-order valence-electron chi connectivity index (χ4n) is 4.43. The van der Waals surface area contributed by atoms with Gasteiger partial charge in [-0.15, -0.1) is 0 Å². The molecular weight excluding hydrogens is 450 g/mol. The molecule has 0 unspecified atom stereocenters. The molecule has 2 aromatic carbocycles. The molecule has 0 radical (unpaired) electrons. The van der Waals surface area contributed by atoms with Crippen LogP contribution in [0.2, 0.25) is 5.02 Å². The van der Waals surface area contributed by atoms with Gasteiger partial charge < -0.3 is 0 Å². The molecule has 1 saturated heterocycles. The van der Waals surface area contributed by atoms with E-state index in [1.807, 2.05) is 0 Å². The van der Waals surface area contributed by atoms with Gasteiger partial charge in [0.15, 0.2) is 5.78 Å². The van der Waals surface area contributed by atoms with Crippen LogP contribution in [-0.4, -0.2) is 45.0 Å². The highest BCUT2D eigenvalue weighted by Crippen LogP contribution is 2.39. The largest absolute Gasteiger partial charge is 0.292 e. The Kier molecular flexibility index (Phi) is 6.24. The SMILES string of the molecule is O=C(CN(C(=O)c1ccccc1[N+](=O)[O-])N1C(=O)[C@H]2CCCC[C@H]2C1=O)c1ccc(Cl)cc1. The number of Topliss-reactive ketones (excluding diaryl/α,β-unsaturated/α-hetero) is 1. The van der Waals surface area contributed by atoms with Gasteiger partial charge in [-0.3, -0.25) is 29.3 Å². The zero-order valence-electron chi connectivity index (χ0n) is 17.5. The molecule has 9 nitrogen and oxygen atoms in total. The van der Waals surface area contributed by atoms with Crippen LogP contribution in [0.25, 0.3) is 0 Å². The first-order valence-electron chi connectivity index (χ1n) is 10.5. The third kappa shape index (κ3) is 4.23. The molecular formula is C23H20ClN3O6. The minimum Gasteiger partial charge on any atom is -0.292 e. The Morgan fingerprint density at radius 3 is 2.15 bits per heavy atom. The molecule has 0 spiro atoms. The van der Waals surface area contributed by atoms with E-state index in [0.717, 1.165) is 28.9 Å². The zero-order valence-corrected chi connectivity index (χ0v) is 18.2. The molecule has 33 heavy (non-hydrogen) atoms. The van der Waals surface area contributed by atoms with Gasteiger partial charge in [0.25, 0.3) is 23.4 Å².